The molecule has 0 atom stereocenters. The second-order valence-electron chi connectivity index (χ2n) is 5.74. The summed E-state index contributed by atoms with van der Waals surface area (Å²) < 4.78 is 1.80. The molecule has 0 radical (unpaired) electrons. The van der Waals surface area contributed by atoms with Crippen LogP contribution in [0.25, 0.3) is 16.4 Å². The van der Waals surface area contributed by atoms with Crippen molar-refractivity contribution in [1.29, 1.82) is 0 Å². The number of amides is 1. The highest BCUT2D eigenvalue weighted by Crippen LogP contribution is 2.25. The SMILES string of the molecule is O=C(NCc1cn2cc(Cl)ccc2n1)c1cc2ccccc2cc1O. The zero-order valence-corrected chi connectivity index (χ0v) is 13.9. The molecular weight excluding hydrogens is 338 g/mol. The number of rotatable bonds is 3. The molecule has 5 nitrogen and oxygen atoms in total. The number of pyridine rings is 1. The second-order valence-corrected chi connectivity index (χ2v) is 6.18. The van der Waals surface area contributed by atoms with Gasteiger partial charge < -0.3 is 14.8 Å². The van der Waals surface area contributed by atoms with E-state index in [1.807, 2.05) is 36.5 Å². The van der Waals surface area contributed by atoms with Gasteiger partial charge in [-0.3, -0.25) is 4.79 Å². The Morgan fingerprint density at radius 2 is 1.88 bits per heavy atom. The van der Waals surface area contributed by atoms with Gasteiger partial charge in [0.1, 0.15) is 11.4 Å². The molecule has 0 fully saturated rings. The lowest BCUT2D eigenvalue weighted by molar-refractivity contribution is 0.0948. The number of benzene rings is 2. The lowest BCUT2D eigenvalue weighted by Crippen LogP contribution is -2.23. The third kappa shape index (κ3) is 3.02. The molecule has 2 aromatic carbocycles. The maximum atomic E-state index is 12.4. The molecule has 0 aliphatic carbocycles. The van der Waals surface area contributed by atoms with Crippen LogP contribution in [0.1, 0.15) is 16.1 Å². The lowest BCUT2D eigenvalue weighted by Gasteiger charge is -2.07. The van der Waals surface area contributed by atoms with Crippen molar-refractivity contribution in [2.45, 2.75) is 6.54 Å². The molecule has 4 aromatic rings. The van der Waals surface area contributed by atoms with Crippen LogP contribution in [0.3, 0.4) is 0 Å². The van der Waals surface area contributed by atoms with E-state index in [0.717, 1.165) is 16.4 Å². The van der Waals surface area contributed by atoms with E-state index in [1.165, 1.54) is 0 Å². The first kappa shape index (κ1) is 15.5. The first-order chi connectivity index (χ1) is 12.1. The van der Waals surface area contributed by atoms with Crippen molar-refractivity contribution >= 4 is 33.9 Å². The Morgan fingerprint density at radius 1 is 1.12 bits per heavy atom. The fourth-order valence-electron chi connectivity index (χ4n) is 2.78. The summed E-state index contributed by atoms with van der Waals surface area (Å²) in [5.74, 6) is -0.392. The van der Waals surface area contributed by atoms with Gasteiger partial charge in [-0.1, -0.05) is 35.9 Å². The van der Waals surface area contributed by atoms with E-state index in [0.29, 0.717) is 10.7 Å². The molecule has 0 bridgehead atoms. The average molecular weight is 352 g/mol. The molecule has 0 spiro atoms. The first-order valence-electron chi connectivity index (χ1n) is 7.73. The minimum Gasteiger partial charge on any atom is -0.507 e. The molecular formula is C19H14ClN3O2. The van der Waals surface area contributed by atoms with Crippen molar-refractivity contribution in [1.82, 2.24) is 14.7 Å². The van der Waals surface area contributed by atoms with Crippen LogP contribution < -0.4 is 5.32 Å². The Kier molecular flexibility index (Phi) is 3.78. The van der Waals surface area contributed by atoms with E-state index in [1.54, 1.807) is 28.8 Å². The van der Waals surface area contributed by atoms with Crippen molar-refractivity contribution in [3.63, 3.8) is 0 Å². The molecule has 1 amide bonds. The van der Waals surface area contributed by atoms with Gasteiger partial charge in [0.2, 0.25) is 0 Å². The maximum absolute atomic E-state index is 12.4. The maximum Gasteiger partial charge on any atom is 0.255 e. The van der Waals surface area contributed by atoms with Gasteiger partial charge in [-0.25, -0.2) is 4.98 Å². The molecule has 0 aliphatic rings. The van der Waals surface area contributed by atoms with E-state index < -0.39 is 0 Å². The number of phenolic OH excluding ortho intramolecular Hbond substituents is 1. The highest BCUT2D eigenvalue weighted by atomic mass is 35.5. The summed E-state index contributed by atoms with van der Waals surface area (Å²) in [5.41, 5.74) is 1.70. The number of nitrogens with one attached hydrogen (secondary N) is 1. The van der Waals surface area contributed by atoms with Crippen molar-refractivity contribution in [3.8, 4) is 5.75 Å². The summed E-state index contributed by atoms with van der Waals surface area (Å²) in [6.07, 6.45) is 3.56. The molecule has 25 heavy (non-hydrogen) atoms. The Balaban J connectivity index is 1.56. The fourth-order valence-corrected chi connectivity index (χ4v) is 2.95. The fraction of sp³-hybridized carbons (Fsp3) is 0.0526. The predicted molar refractivity (Wildman–Crippen MR) is 97.0 cm³/mol. The Labute approximate surface area is 148 Å². The van der Waals surface area contributed by atoms with Crippen LogP contribution in [-0.4, -0.2) is 20.4 Å². The molecule has 4 rings (SSSR count). The van der Waals surface area contributed by atoms with Crippen LogP contribution in [0.15, 0.2) is 60.9 Å². The Bertz CT molecular complexity index is 1100. The largest absolute Gasteiger partial charge is 0.507 e. The summed E-state index contributed by atoms with van der Waals surface area (Å²) in [4.78, 5) is 16.8. The van der Waals surface area contributed by atoms with E-state index in [4.69, 9.17) is 11.6 Å². The van der Waals surface area contributed by atoms with Crippen LogP contribution in [0, 0.1) is 0 Å². The normalized spacial score (nSPS) is 11.1. The van der Waals surface area contributed by atoms with E-state index >= 15 is 0 Å². The van der Waals surface area contributed by atoms with Crippen LogP contribution >= 0.6 is 11.6 Å². The standard InChI is InChI=1S/C19H14ClN3O2/c20-14-5-6-18-22-15(11-23(18)10-14)9-21-19(25)16-7-12-3-1-2-4-13(12)8-17(16)24/h1-8,10-11,24H,9H2,(H,21,25). The van der Waals surface area contributed by atoms with Gasteiger partial charge in [-0.05, 0) is 35.0 Å². The number of carbonyl (C=O) groups is 1. The molecule has 0 unspecified atom stereocenters. The number of phenols is 1. The minimum atomic E-state index is -0.349. The molecule has 2 N–H and O–H groups in total. The first-order valence-corrected chi connectivity index (χ1v) is 8.11. The van der Waals surface area contributed by atoms with Gasteiger partial charge in [0, 0.05) is 12.4 Å². The van der Waals surface area contributed by atoms with Gasteiger partial charge in [-0.15, -0.1) is 0 Å². The summed E-state index contributed by atoms with van der Waals surface area (Å²) in [5, 5.41) is 15.3. The smallest absolute Gasteiger partial charge is 0.255 e. The number of hydrogen-bond acceptors (Lipinski definition) is 3. The average Bonchev–Trinajstić information content (AvgIpc) is 3.01. The third-order valence-electron chi connectivity index (χ3n) is 4.00. The zero-order valence-electron chi connectivity index (χ0n) is 13.1. The third-order valence-corrected chi connectivity index (χ3v) is 4.23. The molecule has 2 heterocycles. The van der Waals surface area contributed by atoms with Gasteiger partial charge in [0.25, 0.3) is 5.91 Å². The number of aromatic hydroxyl groups is 1. The number of hydrogen-bond donors (Lipinski definition) is 2. The zero-order chi connectivity index (χ0) is 17.4. The van der Waals surface area contributed by atoms with E-state index in [-0.39, 0.29) is 23.8 Å². The van der Waals surface area contributed by atoms with Crippen LogP contribution in [0.4, 0.5) is 0 Å². The number of imidazole rings is 1. The highest BCUT2D eigenvalue weighted by Gasteiger charge is 2.13. The van der Waals surface area contributed by atoms with E-state index in [2.05, 4.69) is 10.3 Å². The molecule has 0 saturated heterocycles. The minimum absolute atomic E-state index is 0.0435. The molecule has 0 aliphatic heterocycles. The summed E-state index contributed by atoms with van der Waals surface area (Å²) in [6.45, 7) is 0.254. The highest BCUT2D eigenvalue weighted by molar-refractivity contribution is 6.30. The van der Waals surface area contributed by atoms with Crippen molar-refractivity contribution < 1.29 is 9.90 Å². The quantitative estimate of drug-likeness (QED) is 0.590. The monoisotopic (exact) mass is 351 g/mol. The lowest BCUT2D eigenvalue weighted by atomic mass is 10.1. The second kappa shape index (κ2) is 6.11. The topological polar surface area (TPSA) is 66.6 Å². The van der Waals surface area contributed by atoms with Crippen molar-refractivity contribution in [2.75, 3.05) is 0 Å². The number of halogens is 1. The number of fused-ring (bicyclic) bond motifs is 2. The number of nitrogens with zero attached hydrogens (tertiary/aromatic N) is 2. The number of aromatic nitrogens is 2. The molecule has 2 aromatic heterocycles. The molecule has 124 valence electrons. The van der Waals surface area contributed by atoms with Crippen molar-refractivity contribution in [2.24, 2.45) is 0 Å². The van der Waals surface area contributed by atoms with Gasteiger partial charge in [0.15, 0.2) is 0 Å². The van der Waals surface area contributed by atoms with Gasteiger partial charge >= 0.3 is 0 Å². The number of carbonyl (C=O) groups excluding carboxylic acids is 1. The summed E-state index contributed by atoms with van der Waals surface area (Å²) in [7, 11) is 0. The predicted octanol–water partition coefficient (Wildman–Crippen LogP) is 3.78. The summed E-state index contributed by atoms with van der Waals surface area (Å²) in [6, 6.07) is 14.4. The molecule has 0 saturated carbocycles. The van der Waals surface area contributed by atoms with Gasteiger partial charge in [-0.2, -0.15) is 0 Å². The Morgan fingerprint density at radius 3 is 2.68 bits per heavy atom. The van der Waals surface area contributed by atoms with Crippen LogP contribution in [-0.2, 0) is 6.54 Å². The summed E-state index contributed by atoms with van der Waals surface area (Å²) >= 11 is 5.95. The molecule has 6 heteroatoms. The van der Waals surface area contributed by atoms with Crippen LogP contribution in [0.2, 0.25) is 5.02 Å². The van der Waals surface area contributed by atoms with Gasteiger partial charge in [0.05, 0.1) is 22.8 Å². The Hall–Kier alpha value is -3.05. The van der Waals surface area contributed by atoms with E-state index in [9.17, 15) is 9.90 Å². The van der Waals surface area contributed by atoms with Crippen molar-refractivity contribution in [3.05, 3.63) is 77.2 Å². The van der Waals surface area contributed by atoms with Crippen LogP contribution in [0.5, 0.6) is 5.75 Å².